The zero-order valence-corrected chi connectivity index (χ0v) is 22.9. The lowest BCUT2D eigenvalue weighted by molar-refractivity contribution is -0.154. The smallest absolute Gasteiger partial charge is 0.330 e. The first-order valence-corrected chi connectivity index (χ1v) is 14.1. The van der Waals surface area contributed by atoms with Crippen molar-refractivity contribution in [1.82, 2.24) is 0 Å². The molecule has 1 aromatic carbocycles. The molecule has 2 saturated heterocycles. The number of cyclic esters (lactones) is 1. The first-order chi connectivity index (χ1) is 18.4. The van der Waals surface area contributed by atoms with E-state index in [-0.39, 0.29) is 48.7 Å². The van der Waals surface area contributed by atoms with Crippen molar-refractivity contribution in [2.45, 2.75) is 95.7 Å². The molecule has 6 heteroatoms. The fourth-order valence-corrected chi connectivity index (χ4v) is 5.71. The average molecular weight is 523 g/mol. The maximum Gasteiger partial charge on any atom is 0.330 e. The van der Waals surface area contributed by atoms with Crippen LogP contribution in [0.2, 0.25) is 0 Å². The maximum atomic E-state index is 13.2. The second-order valence-corrected chi connectivity index (χ2v) is 11.0. The second-order valence-electron chi connectivity index (χ2n) is 11.0. The molecule has 0 saturated carbocycles. The Bertz CT molecular complexity index is 1010. The van der Waals surface area contributed by atoms with Crippen LogP contribution < -0.4 is 0 Å². The van der Waals surface area contributed by atoms with Crippen molar-refractivity contribution in [3.8, 4) is 0 Å². The number of hydrogen-bond donors (Lipinski definition) is 0. The van der Waals surface area contributed by atoms with Crippen molar-refractivity contribution in [3.05, 3.63) is 65.8 Å². The third-order valence-corrected chi connectivity index (χ3v) is 7.69. The summed E-state index contributed by atoms with van der Waals surface area (Å²) in [5.74, 6) is -0.318. The van der Waals surface area contributed by atoms with Crippen molar-refractivity contribution < 1.29 is 28.5 Å². The molecule has 206 valence electrons. The number of hydrogen-bond acceptors (Lipinski definition) is 6. The van der Waals surface area contributed by atoms with Crippen LogP contribution in [0.5, 0.6) is 0 Å². The Balaban J connectivity index is 1.57. The lowest BCUT2D eigenvalue weighted by Gasteiger charge is -2.37. The maximum absolute atomic E-state index is 13.2. The minimum Gasteiger partial charge on any atom is -0.466 e. The highest BCUT2D eigenvalue weighted by molar-refractivity contribution is 5.82. The number of rotatable bonds is 3. The molecule has 3 aliphatic heterocycles. The molecule has 0 aromatic heterocycles. The zero-order valence-electron chi connectivity index (χ0n) is 22.9. The van der Waals surface area contributed by atoms with Gasteiger partial charge >= 0.3 is 11.9 Å². The predicted octanol–water partition coefficient (Wildman–Crippen LogP) is 6.21. The van der Waals surface area contributed by atoms with Crippen molar-refractivity contribution in [2.24, 2.45) is 11.8 Å². The van der Waals surface area contributed by atoms with Crippen LogP contribution in [-0.2, 0) is 28.5 Å². The number of fused-ring (bicyclic) bond motifs is 4. The molecule has 0 aliphatic carbocycles. The number of benzene rings is 1. The first-order valence-electron chi connectivity index (χ1n) is 14.1. The second kappa shape index (κ2) is 13.9. The van der Waals surface area contributed by atoms with E-state index in [0.717, 1.165) is 43.2 Å². The normalized spacial score (nSPS) is 35.0. The van der Waals surface area contributed by atoms with E-state index >= 15 is 0 Å². The van der Waals surface area contributed by atoms with Crippen LogP contribution in [0.1, 0.15) is 70.8 Å². The van der Waals surface area contributed by atoms with E-state index < -0.39 is 6.10 Å². The number of ether oxygens (including phenoxy) is 4. The van der Waals surface area contributed by atoms with E-state index in [1.807, 2.05) is 42.5 Å². The van der Waals surface area contributed by atoms with Gasteiger partial charge in [-0.05, 0) is 56.1 Å². The van der Waals surface area contributed by atoms with Crippen molar-refractivity contribution in [1.29, 1.82) is 0 Å². The molecule has 38 heavy (non-hydrogen) atoms. The third-order valence-electron chi connectivity index (χ3n) is 7.69. The van der Waals surface area contributed by atoms with Gasteiger partial charge in [0.2, 0.25) is 0 Å². The fraction of sp³-hybridized carbons (Fsp3) is 0.562. The summed E-state index contributed by atoms with van der Waals surface area (Å²) in [6, 6.07) is 10.0. The Hall–Kier alpha value is -2.70. The van der Waals surface area contributed by atoms with Gasteiger partial charge < -0.3 is 18.9 Å². The Morgan fingerprint density at radius 3 is 2.39 bits per heavy atom. The van der Waals surface area contributed by atoms with Crippen LogP contribution in [0.3, 0.4) is 0 Å². The molecule has 2 fully saturated rings. The van der Waals surface area contributed by atoms with Gasteiger partial charge in [-0.25, -0.2) is 4.79 Å². The minimum atomic E-state index is -0.404. The van der Waals surface area contributed by atoms with Crippen LogP contribution >= 0.6 is 0 Å². The van der Waals surface area contributed by atoms with Crippen molar-refractivity contribution in [2.75, 3.05) is 7.11 Å². The zero-order chi connectivity index (χ0) is 26.9. The molecule has 0 spiro atoms. The number of esters is 2. The Morgan fingerprint density at radius 2 is 1.63 bits per heavy atom. The largest absolute Gasteiger partial charge is 0.466 e. The van der Waals surface area contributed by atoms with E-state index in [1.54, 1.807) is 6.08 Å². The molecule has 3 heterocycles. The molecule has 6 nitrogen and oxygen atoms in total. The van der Waals surface area contributed by atoms with Crippen molar-refractivity contribution >= 4 is 18.0 Å². The molecule has 0 radical (unpaired) electrons. The van der Waals surface area contributed by atoms with Gasteiger partial charge in [0.1, 0.15) is 6.10 Å². The molecular formula is C32H42O6. The van der Waals surface area contributed by atoms with E-state index in [9.17, 15) is 9.59 Å². The van der Waals surface area contributed by atoms with Crippen LogP contribution in [0, 0.1) is 11.8 Å². The molecule has 4 bridgehead atoms. The fourth-order valence-electron chi connectivity index (χ4n) is 5.71. The van der Waals surface area contributed by atoms with Crippen LogP contribution in [0.25, 0.3) is 6.08 Å². The summed E-state index contributed by atoms with van der Waals surface area (Å²) in [5, 5.41) is 0. The highest BCUT2D eigenvalue weighted by atomic mass is 16.6. The molecule has 1 unspecified atom stereocenters. The van der Waals surface area contributed by atoms with Gasteiger partial charge in [-0.3, -0.25) is 4.79 Å². The average Bonchev–Trinajstić information content (AvgIpc) is 2.89. The highest BCUT2D eigenvalue weighted by Crippen LogP contribution is 2.33. The van der Waals surface area contributed by atoms with E-state index in [1.165, 1.54) is 7.11 Å². The van der Waals surface area contributed by atoms with Crippen LogP contribution in [-0.4, -0.2) is 49.6 Å². The number of allylic oxidation sites excluding steroid dienone is 1. The molecule has 1 aromatic rings. The number of methoxy groups -OCH3 is 1. The van der Waals surface area contributed by atoms with E-state index in [4.69, 9.17) is 18.9 Å². The summed E-state index contributed by atoms with van der Waals surface area (Å²) in [6.07, 6.45) is 15.6. The standard InChI is InChI=1S/C32H42O6/c1-22-12-13-23(2)30(15-14-24-8-5-4-6-9-24)38-32(34)21-29-18-25(19-31(33)35-3)17-28(37-29)20-27-11-7-10-26(16-22)36-27/h4-6,8-9,12-15,19,22-23,26-30H,7,10-11,16-18,20-21H2,1-3H3/b13-12+,15-14+,25-19-/t22-,23-,26?,27-,28+,29-,30-/m0/s1. The summed E-state index contributed by atoms with van der Waals surface area (Å²) in [6.45, 7) is 4.30. The summed E-state index contributed by atoms with van der Waals surface area (Å²) in [4.78, 5) is 25.2. The molecule has 0 N–H and O–H groups in total. The number of carbonyl (C=O) groups excluding carboxylic acids is 2. The first kappa shape index (κ1) is 28.3. The topological polar surface area (TPSA) is 71.1 Å². The summed E-state index contributed by atoms with van der Waals surface area (Å²) < 4.78 is 23.8. The Morgan fingerprint density at radius 1 is 0.921 bits per heavy atom. The highest BCUT2D eigenvalue weighted by Gasteiger charge is 2.33. The van der Waals surface area contributed by atoms with Gasteiger partial charge in [-0.15, -0.1) is 0 Å². The van der Waals surface area contributed by atoms with Crippen LogP contribution in [0.15, 0.2) is 60.2 Å². The van der Waals surface area contributed by atoms with Crippen LogP contribution in [0.4, 0.5) is 0 Å². The van der Waals surface area contributed by atoms with Gasteiger partial charge in [0.15, 0.2) is 0 Å². The van der Waals surface area contributed by atoms with Gasteiger partial charge in [0, 0.05) is 18.4 Å². The Labute approximate surface area is 227 Å². The van der Waals surface area contributed by atoms with Gasteiger partial charge in [-0.2, -0.15) is 0 Å². The van der Waals surface area contributed by atoms with Gasteiger partial charge in [0.05, 0.1) is 37.9 Å². The summed E-state index contributed by atoms with van der Waals surface area (Å²) in [5.41, 5.74) is 2.00. The monoisotopic (exact) mass is 522 g/mol. The third kappa shape index (κ3) is 8.67. The molecular weight excluding hydrogens is 480 g/mol. The van der Waals surface area contributed by atoms with Gasteiger partial charge in [-0.1, -0.05) is 68.0 Å². The molecule has 4 rings (SSSR count). The Kier molecular flexibility index (Phi) is 10.4. The quantitative estimate of drug-likeness (QED) is 0.267. The van der Waals surface area contributed by atoms with Gasteiger partial charge in [0.25, 0.3) is 0 Å². The molecule has 3 aliphatic rings. The SMILES string of the molecule is COC(=O)/C=C1\C[C@H]2CC(=O)O[C@@H](/C=C/c3ccccc3)[C@@H](C)/C=C/[C@H](C)CC3CCC[C@@H](C[C@@H](C1)O2)O3. The lowest BCUT2D eigenvalue weighted by Crippen LogP contribution is -2.37. The van der Waals surface area contributed by atoms with E-state index in [0.29, 0.717) is 18.8 Å². The summed E-state index contributed by atoms with van der Waals surface area (Å²) in [7, 11) is 1.38. The van der Waals surface area contributed by atoms with Crippen molar-refractivity contribution in [3.63, 3.8) is 0 Å². The predicted molar refractivity (Wildman–Crippen MR) is 147 cm³/mol. The molecule has 0 amide bonds. The number of carbonyl (C=O) groups is 2. The molecule has 7 atom stereocenters. The van der Waals surface area contributed by atoms with E-state index in [2.05, 4.69) is 26.0 Å². The minimum absolute atomic E-state index is 0.00379. The summed E-state index contributed by atoms with van der Waals surface area (Å²) >= 11 is 0. The lowest BCUT2D eigenvalue weighted by atomic mass is 9.89.